The van der Waals surface area contributed by atoms with E-state index in [1.54, 1.807) is 24.3 Å². The minimum Gasteiger partial charge on any atom is -0.495 e. The number of benzene rings is 2. The molecule has 0 aliphatic heterocycles. The van der Waals surface area contributed by atoms with E-state index < -0.39 is 10.8 Å². The predicted octanol–water partition coefficient (Wildman–Crippen LogP) is 4.46. The fraction of sp³-hybridized carbons (Fsp3) is 0.0588. The van der Waals surface area contributed by atoms with Gasteiger partial charge in [-0.2, -0.15) is 5.26 Å². The van der Waals surface area contributed by atoms with Crippen LogP contribution in [0.3, 0.4) is 0 Å². The van der Waals surface area contributed by atoms with Gasteiger partial charge in [0.15, 0.2) is 0 Å². The molecule has 2 rings (SSSR count). The lowest BCUT2D eigenvalue weighted by molar-refractivity contribution is -0.384. The SMILES string of the molecule is COc1ccc([N+](=O)[O-])cc1NC(=O)/C(C#N)=C/c1cccc(Cl)c1Cl. The summed E-state index contributed by atoms with van der Waals surface area (Å²) < 4.78 is 5.07. The zero-order valence-corrected chi connectivity index (χ0v) is 14.8. The molecule has 0 aliphatic carbocycles. The molecule has 2 aromatic carbocycles. The van der Waals surface area contributed by atoms with Crippen LogP contribution < -0.4 is 10.1 Å². The number of anilines is 1. The minimum atomic E-state index is -0.776. The molecule has 0 bridgehead atoms. The minimum absolute atomic E-state index is 0.0602. The average molecular weight is 392 g/mol. The van der Waals surface area contributed by atoms with Crippen molar-refractivity contribution >= 4 is 46.6 Å². The van der Waals surface area contributed by atoms with E-state index in [1.807, 2.05) is 0 Å². The number of methoxy groups -OCH3 is 1. The van der Waals surface area contributed by atoms with Crippen molar-refractivity contribution in [1.82, 2.24) is 0 Å². The van der Waals surface area contributed by atoms with Gasteiger partial charge in [0, 0.05) is 12.1 Å². The molecule has 0 atom stereocenters. The third kappa shape index (κ3) is 4.30. The number of ether oxygens (including phenoxy) is 1. The molecule has 1 amide bonds. The molecule has 0 saturated carbocycles. The summed E-state index contributed by atoms with van der Waals surface area (Å²) in [6.07, 6.45) is 1.27. The van der Waals surface area contributed by atoms with Crippen LogP contribution in [0.25, 0.3) is 6.08 Å². The van der Waals surface area contributed by atoms with Crippen LogP contribution >= 0.6 is 23.2 Å². The molecule has 0 heterocycles. The first-order chi connectivity index (χ1) is 12.4. The summed E-state index contributed by atoms with van der Waals surface area (Å²) in [6.45, 7) is 0. The average Bonchev–Trinajstić information content (AvgIpc) is 2.62. The summed E-state index contributed by atoms with van der Waals surface area (Å²) in [5.74, 6) is -0.565. The van der Waals surface area contributed by atoms with E-state index in [4.69, 9.17) is 27.9 Å². The van der Waals surface area contributed by atoms with Crippen molar-refractivity contribution in [3.8, 4) is 11.8 Å². The fourth-order valence-electron chi connectivity index (χ4n) is 2.03. The lowest BCUT2D eigenvalue weighted by atomic mass is 10.1. The van der Waals surface area contributed by atoms with E-state index in [0.29, 0.717) is 5.56 Å². The predicted molar refractivity (Wildman–Crippen MR) is 98.3 cm³/mol. The fourth-order valence-corrected chi connectivity index (χ4v) is 2.40. The molecule has 2 aromatic rings. The van der Waals surface area contributed by atoms with Crippen molar-refractivity contribution < 1.29 is 14.5 Å². The molecule has 0 radical (unpaired) electrons. The van der Waals surface area contributed by atoms with Crippen LogP contribution in [-0.2, 0) is 4.79 Å². The number of non-ortho nitro benzene ring substituents is 1. The van der Waals surface area contributed by atoms with Gasteiger partial charge in [0.1, 0.15) is 17.4 Å². The maximum Gasteiger partial charge on any atom is 0.271 e. The Morgan fingerprint density at radius 3 is 2.69 bits per heavy atom. The van der Waals surface area contributed by atoms with Crippen LogP contribution in [-0.4, -0.2) is 17.9 Å². The smallest absolute Gasteiger partial charge is 0.271 e. The lowest BCUT2D eigenvalue weighted by Crippen LogP contribution is -2.14. The topological polar surface area (TPSA) is 105 Å². The molecule has 0 unspecified atom stereocenters. The first-order valence-electron chi connectivity index (χ1n) is 7.07. The highest BCUT2D eigenvalue weighted by Crippen LogP contribution is 2.30. The molecule has 132 valence electrons. The van der Waals surface area contributed by atoms with Gasteiger partial charge in [-0.05, 0) is 23.8 Å². The van der Waals surface area contributed by atoms with E-state index in [2.05, 4.69) is 5.32 Å². The highest BCUT2D eigenvalue weighted by atomic mass is 35.5. The highest BCUT2D eigenvalue weighted by Gasteiger charge is 2.16. The van der Waals surface area contributed by atoms with E-state index in [9.17, 15) is 20.2 Å². The Kier molecular flexibility index (Phi) is 6.17. The summed E-state index contributed by atoms with van der Waals surface area (Å²) in [5, 5.41) is 23.1. The molecule has 0 aromatic heterocycles. The number of nitriles is 1. The molecule has 0 saturated heterocycles. The summed E-state index contributed by atoms with van der Waals surface area (Å²) in [5.41, 5.74) is -0.0499. The number of hydrogen-bond acceptors (Lipinski definition) is 5. The van der Waals surface area contributed by atoms with Crippen LogP contribution in [0, 0.1) is 21.4 Å². The Balaban J connectivity index is 2.37. The van der Waals surface area contributed by atoms with Gasteiger partial charge in [-0.15, -0.1) is 0 Å². The first-order valence-corrected chi connectivity index (χ1v) is 7.82. The van der Waals surface area contributed by atoms with Gasteiger partial charge in [0.05, 0.1) is 27.8 Å². The van der Waals surface area contributed by atoms with E-state index >= 15 is 0 Å². The number of hydrogen-bond donors (Lipinski definition) is 1. The van der Waals surface area contributed by atoms with Crippen LogP contribution in [0.5, 0.6) is 5.75 Å². The molecule has 0 aliphatic rings. The van der Waals surface area contributed by atoms with Gasteiger partial charge in [0.2, 0.25) is 0 Å². The number of nitro benzene ring substituents is 1. The van der Waals surface area contributed by atoms with Crippen LogP contribution in [0.1, 0.15) is 5.56 Å². The standard InChI is InChI=1S/C17H11Cl2N3O4/c1-26-15-6-5-12(22(24)25)8-14(15)21-17(23)11(9-20)7-10-3-2-4-13(18)16(10)19/h2-8H,1H3,(H,21,23)/b11-7+. The second kappa shape index (κ2) is 8.34. The molecular formula is C17H11Cl2N3O4. The van der Waals surface area contributed by atoms with E-state index in [0.717, 1.165) is 6.07 Å². The number of halogens is 2. The van der Waals surface area contributed by atoms with Gasteiger partial charge in [-0.1, -0.05) is 35.3 Å². The van der Waals surface area contributed by atoms with Crippen molar-refractivity contribution in [1.29, 1.82) is 5.26 Å². The van der Waals surface area contributed by atoms with Crippen molar-refractivity contribution in [3.63, 3.8) is 0 Å². The van der Waals surface area contributed by atoms with Gasteiger partial charge < -0.3 is 10.1 Å². The van der Waals surface area contributed by atoms with Gasteiger partial charge in [0.25, 0.3) is 11.6 Å². The molecular weight excluding hydrogens is 381 g/mol. The number of nitrogens with zero attached hydrogens (tertiary/aromatic N) is 2. The Hall–Kier alpha value is -3.08. The number of nitro groups is 1. The van der Waals surface area contributed by atoms with Gasteiger partial charge in [-0.25, -0.2) is 0 Å². The number of rotatable bonds is 5. The Bertz CT molecular complexity index is 952. The first kappa shape index (κ1) is 19.2. The monoisotopic (exact) mass is 391 g/mol. The highest BCUT2D eigenvalue weighted by molar-refractivity contribution is 6.43. The van der Waals surface area contributed by atoms with Crippen molar-refractivity contribution in [2.75, 3.05) is 12.4 Å². The quantitative estimate of drug-likeness (QED) is 0.350. The van der Waals surface area contributed by atoms with Gasteiger partial charge >= 0.3 is 0 Å². The zero-order valence-electron chi connectivity index (χ0n) is 13.3. The number of carbonyl (C=O) groups is 1. The summed E-state index contributed by atoms with van der Waals surface area (Å²) in [4.78, 5) is 22.7. The second-order valence-electron chi connectivity index (χ2n) is 4.91. The molecule has 9 heteroatoms. The van der Waals surface area contributed by atoms with E-state index in [-0.39, 0.29) is 32.7 Å². The molecule has 0 spiro atoms. The Morgan fingerprint density at radius 1 is 1.35 bits per heavy atom. The zero-order chi connectivity index (χ0) is 19.3. The number of nitrogens with one attached hydrogen (secondary N) is 1. The summed E-state index contributed by atoms with van der Waals surface area (Å²) in [6, 6.07) is 10.3. The van der Waals surface area contributed by atoms with Crippen LogP contribution in [0.2, 0.25) is 10.0 Å². The van der Waals surface area contributed by atoms with Crippen molar-refractivity contribution in [2.45, 2.75) is 0 Å². The van der Waals surface area contributed by atoms with Crippen molar-refractivity contribution in [2.24, 2.45) is 0 Å². The third-order valence-corrected chi connectivity index (χ3v) is 4.12. The van der Waals surface area contributed by atoms with E-state index in [1.165, 1.54) is 25.3 Å². The Labute approximate surface area is 158 Å². The molecule has 0 fully saturated rings. The van der Waals surface area contributed by atoms with Crippen molar-refractivity contribution in [3.05, 3.63) is 67.7 Å². The molecule has 26 heavy (non-hydrogen) atoms. The van der Waals surface area contributed by atoms with Gasteiger partial charge in [-0.3, -0.25) is 14.9 Å². The number of carbonyl (C=O) groups excluding carboxylic acids is 1. The number of amides is 1. The molecule has 1 N–H and O–H groups in total. The lowest BCUT2D eigenvalue weighted by Gasteiger charge is -2.09. The third-order valence-electron chi connectivity index (χ3n) is 3.29. The second-order valence-corrected chi connectivity index (χ2v) is 5.69. The maximum atomic E-state index is 12.4. The maximum absolute atomic E-state index is 12.4. The Morgan fingerprint density at radius 2 is 2.08 bits per heavy atom. The van der Waals surface area contributed by atoms with Crippen LogP contribution in [0.15, 0.2) is 42.0 Å². The normalized spacial score (nSPS) is 10.8. The largest absolute Gasteiger partial charge is 0.495 e. The summed E-state index contributed by atoms with van der Waals surface area (Å²) in [7, 11) is 1.35. The van der Waals surface area contributed by atoms with Crippen LogP contribution in [0.4, 0.5) is 11.4 Å². The molecule has 7 nitrogen and oxygen atoms in total. The summed E-state index contributed by atoms with van der Waals surface area (Å²) >= 11 is 12.0.